The third kappa shape index (κ3) is 2.21. The molecule has 0 aromatic carbocycles. The molecule has 6 nitrogen and oxygen atoms in total. The Morgan fingerprint density at radius 3 is 2.78 bits per heavy atom. The number of nitrogens with one attached hydrogen (secondary N) is 2. The van der Waals surface area contributed by atoms with Crippen LogP contribution in [0, 0.1) is 0 Å². The molecule has 0 aliphatic carbocycles. The summed E-state index contributed by atoms with van der Waals surface area (Å²) in [4.78, 5) is 16.6. The van der Waals surface area contributed by atoms with Gasteiger partial charge in [0.25, 0.3) is 0 Å². The number of rotatable bonds is 2. The minimum atomic E-state index is -0.196. The minimum Gasteiger partial charge on any atom is -0.468 e. The van der Waals surface area contributed by atoms with Gasteiger partial charge in [0.1, 0.15) is 24.3 Å². The highest BCUT2D eigenvalue weighted by Gasteiger charge is 2.29. The average molecular weight is 250 g/mol. The molecule has 3 rings (SSSR count). The maximum Gasteiger partial charge on any atom is 0.248 e. The number of carbonyl (C=O) groups excluding carboxylic acids is 1. The van der Waals surface area contributed by atoms with Crippen LogP contribution in [0.15, 0.2) is 16.9 Å². The van der Waals surface area contributed by atoms with Crippen molar-refractivity contribution >= 4 is 17.3 Å². The molecule has 2 aliphatic heterocycles. The lowest BCUT2D eigenvalue weighted by Crippen LogP contribution is -2.52. The van der Waals surface area contributed by atoms with Crippen molar-refractivity contribution in [2.75, 3.05) is 50.4 Å². The first kappa shape index (κ1) is 11.6. The van der Waals surface area contributed by atoms with Gasteiger partial charge in [-0.1, -0.05) is 0 Å². The summed E-state index contributed by atoms with van der Waals surface area (Å²) in [5.41, 5.74) is 1.60. The molecule has 1 aromatic heterocycles. The minimum absolute atomic E-state index is 0.0165. The molecular weight excluding hydrogens is 232 g/mol. The third-order valence-electron chi connectivity index (χ3n) is 3.60. The zero-order valence-electron chi connectivity index (χ0n) is 10.5. The van der Waals surface area contributed by atoms with E-state index < -0.39 is 0 Å². The van der Waals surface area contributed by atoms with E-state index in [-0.39, 0.29) is 11.9 Å². The summed E-state index contributed by atoms with van der Waals surface area (Å²) in [5, 5.41) is 6.08. The van der Waals surface area contributed by atoms with Gasteiger partial charge >= 0.3 is 0 Å². The number of anilines is 2. The zero-order chi connectivity index (χ0) is 12.5. The van der Waals surface area contributed by atoms with Crippen molar-refractivity contribution in [1.29, 1.82) is 0 Å². The van der Waals surface area contributed by atoms with Crippen LogP contribution in [-0.2, 0) is 4.79 Å². The SMILES string of the molecule is CN1CCN(CC2Nc3cocc3NC2=O)CC1. The molecule has 2 N–H and O–H groups in total. The Labute approximate surface area is 106 Å². The van der Waals surface area contributed by atoms with E-state index in [2.05, 4.69) is 27.5 Å². The fourth-order valence-electron chi connectivity index (χ4n) is 2.40. The van der Waals surface area contributed by atoms with Crippen LogP contribution in [0.25, 0.3) is 0 Å². The van der Waals surface area contributed by atoms with E-state index in [4.69, 9.17) is 4.42 Å². The number of hydrogen-bond acceptors (Lipinski definition) is 5. The summed E-state index contributed by atoms with van der Waals surface area (Å²) in [6, 6.07) is -0.196. The highest BCUT2D eigenvalue weighted by Crippen LogP contribution is 2.27. The number of amides is 1. The monoisotopic (exact) mass is 250 g/mol. The molecule has 0 radical (unpaired) electrons. The summed E-state index contributed by atoms with van der Waals surface area (Å²) in [5.74, 6) is 0.0165. The second-order valence-electron chi connectivity index (χ2n) is 4.99. The van der Waals surface area contributed by atoms with Crippen LogP contribution in [0.2, 0.25) is 0 Å². The van der Waals surface area contributed by atoms with Crippen molar-refractivity contribution in [3.8, 4) is 0 Å². The first-order valence-corrected chi connectivity index (χ1v) is 6.27. The molecule has 98 valence electrons. The van der Waals surface area contributed by atoms with Crippen molar-refractivity contribution in [3.05, 3.63) is 12.5 Å². The third-order valence-corrected chi connectivity index (χ3v) is 3.60. The smallest absolute Gasteiger partial charge is 0.248 e. The number of piperazine rings is 1. The highest BCUT2D eigenvalue weighted by molar-refractivity contribution is 6.02. The van der Waals surface area contributed by atoms with Crippen LogP contribution in [0.1, 0.15) is 0 Å². The van der Waals surface area contributed by atoms with Gasteiger partial charge < -0.3 is 20.0 Å². The van der Waals surface area contributed by atoms with Gasteiger partial charge in [0.2, 0.25) is 5.91 Å². The van der Waals surface area contributed by atoms with E-state index in [0.717, 1.165) is 44.1 Å². The molecule has 18 heavy (non-hydrogen) atoms. The average Bonchev–Trinajstić information content (AvgIpc) is 2.79. The van der Waals surface area contributed by atoms with Crippen molar-refractivity contribution in [2.45, 2.75) is 6.04 Å². The van der Waals surface area contributed by atoms with Gasteiger partial charge in [0.05, 0.1) is 5.69 Å². The second kappa shape index (κ2) is 4.62. The van der Waals surface area contributed by atoms with Gasteiger partial charge in [-0.05, 0) is 7.05 Å². The van der Waals surface area contributed by atoms with Gasteiger partial charge in [-0.25, -0.2) is 0 Å². The maximum atomic E-state index is 11.9. The highest BCUT2D eigenvalue weighted by atomic mass is 16.3. The van der Waals surface area contributed by atoms with Gasteiger partial charge in [-0.2, -0.15) is 0 Å². The Morgan fingerprint density at radius 2 is 2.00 bits per heavy atom. The fourth-order valence-corrected chi connectivity index (χ4v) is 2.40. The van der Waals surface area contributed by atoms with Crippen LogP contribution < -0.4 is 10.6 Å². The van der Waals surface area contributed by atoms with Crippen LogP contribution in [0.4, 0.5) is 11.4 Å². The first-order valence-electron chi connectivity index (χ1n) is 6.27. The molecule has 1 fully saturated rings. The first-order chi connectivity index (χ1) is 8.72. The van der Waals surface area contributed by atoms with E-state index in [1.165, 1.54) is 0 Å². The van der Waals surface area contributed by atoms with E-state index >= 15 is 0 Å². The lowest BCUT2D eigenvalue weighted by molar-refractivity contribution is -0.117. The predicted octanol–water partition coefficient (Wildman–Crippen LogP) is 0.260. The molecule has 1 saturated heterocycles. The Morgan fingerprint density at radius 1 is 1.28 bits per heavy atom. The van der Waals surface area contributed by atoms with Gasteiger partial charge in [0.15, 0.2) is 0 Å². The number of nitrogens with zero attached hydrogens (tertiary/aromatic N) is 2. The Balaban J connectivity index is 1.62. The molecule has 0 bridgehead atoms. The van der Waals surface area contributed by atoms with Crippen molar-refractivity contribution < 1.29 is 9.21 Å². The van der Waals surface area contributed by atoms with Crippen LogP contribution in [0.5, 0.6) is 0 Å². The van der Waals surface area contributed by atoms with Crippen molar-refractivity contribution in [3.63, 3.8) is 0 Å². The lowest BCUT2D eigenvalue weighted by atomic mass is 10.1. The molecule has 6 heteroatoms. The van der Waals surface area contributed by atoms with Crippen molar-refractivity contribution in [2.24, 2.45) is 0 Å². The van der Waals surface area contributed by atoms with Gasteiger partial charge in [-0.3, -0.25) is 9.69 Å². The van der Waals surface area contributed by atoms with E-state index in [0.29, 0.717) is 0 Å². The summed E-state index contributed by atoms with van der Waals surface area (Å²) < 4.78 is 5.07. The predicted molar refractivity (Wildman–Crippen MR) is 68.7 cm³/mol. The number of likely N-dealkylation sites (N-methyl/N-ethyl adjacent to an activating group) is 1. The van der Waals surface area contributed by atoms with Crippen molar-refractivity contribution in [1.82, 2.24) is 9.80 Å². The van der Waals surface area contributed by atoms with E-state index in [9.17, 15) is 4.79 Å². The number of hydrogen-bond donors (Lipinski definition) is 2. The Hall–Kier alpha value is -1.53. The lowest BCUT2D eigenvalue weighted by Gasteiger charge is -2.35. The second-order valence-corrected chi connectivity index (χ2v) is 4.99. The standard InChI is InChI=1S/C12H18N4O2/c1-15-2-4-16(5-3-15)6-9-12(17)14-11-8-18-7-10(11)13-9/h7-9,13H,2-6H2,1H3,(H,14,17). The summed E-state index contributed by atoms with van der Waals surface area (Å²) >= 11 is 0. The quantitative estimate of drug-likeness (QED) is 0.788. The van der Waals surface area contributed by atoms with Crippen LogP contribution in [-0.4, -0.2) is 61.5 Å². The molecular formula is C12H18N4O2. The number of carbonyl (C=O) groups is 1. The molecule has 1 unspecified atom stereocenters. The maximum absolute atomic E-state index is 11.9. The summed E-state index contributed by atoms with van der Waals surface area (Å²) in [7, 11) is 2.13. The molecule has 0 spiro atoms. The molecule has 1 amide bonds. The Bertz CT molecular complexity index is 437. The zero-order valence-corrected chi connectivity index (χ0v) is 10.5. The molecule has 0 saturated carbocycles. The molecule has 2 aliphatic rings. The molecule has 1 atom stereocenters. The fraction of sp³-hybridized carbons (Fsp3) is 0.583. The Kier molecular flexibility index (Phi) is 2.97. The van der Waals surface area contributed by atoms with Crippen LogP contribution in [0.3, 0.4) is 0 Å². The normalized spacial score (nSPS) is 25.4. The molecule has 3 heterocycles. The summed E-state index contributed by atoms with van der Waals surface area (Å²) in [6.45, 7) is 4.89. The van der Waals surface area contributed by atoms with Gasteiger partial charge in [0, 0.05) is 32.7 Å². The van der Waals surface area contributed by atoms with Crippen LogP contribution >= 0.6 is 0 Å². The number of furan rings is 1. The summed E-state index contributed by atoms with van der Waals surface area (Å²) in [6.07, 6.45) is 3.18. The van der Waals surface area contributed by atoms with E-state index in [1.54, 1.807) is 12.5 Å². The topological polar surface area (TPSA) is 60.8 Å². The van der Waals surface area contributed by atoms with E-state index in [1.807, 2.05) is 0 Å². The molecule has 1 aromatic rings. The number of fused-ring (bicyclic) bond motifs is 1. The van der Waals surface area contributed by atoms with Gasteiger partial charge in [-0.15, -0.1) is 0 Å². The largest absolute Gasteiger partial charge is 0.468 e.